The molecule has 0 saturated carbocycles. The van der Waals surface area contributed by atoms with Gasteiger partial charge in [0.1, 0.15) is 18.5 Å². The molecule has 36 heavy (non-hydrogen) atoms. The second kappa shape index (κ2) is 9.96. The van der Waals surface area contributed by atoms with Gasteiger partial charge in [0.05, 0.1) is 0 Å². The molecule has 186 valence electrons. The third-order valence-corrected chi connectivity index (χ3v) is 7.74. The molecule has 4 aliphatic rings. The first-order chi connectivity index (χ1) is 17.6. The minimum atomic E-state index is -0.585. The first-order valence-corrected chi connectivity index (χ1v) is 13.0. The average Bonchev–Trinajstić information content (AvgIpc) is 2.87. The van der Waals surface area contributed by atoms with Crippen molar-refractivity contribution in [2.75, 3.05) is 36.5 Å². The number of hydrogen-bond acceptors (Lipinski definition) is 5. The fraction of sp³-hybridized carbons (Fsp3) is 0.367. The molecule has 1 fully saturated rings. The minimum absolute atomic E-state index is 0.0404. The van der Waals surface area contributed by atoms with Crippen LogP contribution in [0.15, 0.2) is 72.8 Å². The summed E-state index contributed by atoms with van der Waals surface area (Å²) in [7, 11) is 0. The van der Waals surface area contributed by atoms with Gasteiger partial charge in [-0.05, 0) is 54.3 Å². The summed E-state index contributed by atoms with van der Waals surface area (Å²) in [4.78, 5) is 16.7. The van der Waals surface area contributed by atoms with E-state index in [1.54, 1.807) is 0 Å². The quantitative estimate of drug-likeness (QED) is 0.510. The molecule has 4 aliphatic heterocycles. The van der Waals surface area contributed by atoms with Crippen molar-refractivity contribution in [3.63, 3.8) is 0 Å². The highest BCUT2D eigenvalue weighted by atomic mass is 16.5. The number of hydrogen-bond donors (Lipinski definition) is 2. The second-order valence-corrected chi connectivity index (χ2v) is 10.2. The number of aliphatic hydroxyl groups is 1. The highest BCUT2D eigenvalue weighted by molar-refractivity contribution is 5.94. The van der Waals surface area contributed by atoms with Crippen LogP contribution >= 0.6 is 0 Å². The molecular weight excluding hydrogens is 450 g/mol. The SMILES string of the molecule is O=C1CCc2c(cccc2OC[C@@H](O)CN2C[C@@H]3CC=CC[C@H]2CN3c2ccc3ccccc3c2)N1. The maximum atomic E-state index is 11.7. The van der Waals surface area contributed by atoms with E-state index < -0.39 is 6.10 Å². The maximum absolute atomic E-state index is 11.7. The Morgan fingerprint density at radius 2 is 1.78 bits per heavy atom. The molecule has 1 amide bonds. The number of amides is 1. The van der Waals surface area contributed by atoms with Crippen molar-refractivity contribution >= 4 is 28.1 Å². The van der Waals surface area contributed by atoms with Crippen LogP contribution < -0.4 is 15.0 Å². The number of benzene rings is 3. The van der Waals surface area contributed by atoms with E-state index in [1.165, 1.54) is 16.5 Å². The Kier molecular flexibility index (Phi) is 6.38. The number of nitrogens with zero attached hydrogens (tertiary/aromatic N) is 2. The van der Waals surface area contributed by atoms with Gasteiger partial charge in [-0.25, -0.2) is 0 Å². The zero-order chi connectivity index (χ0) is 24.5. The van der Waals surface area contributed by atoms with E-state index in [2.05, 4.69) is 69.7 Å². The van der Waals surface area contributed by atoms with Gasteiger partial charge in [0, 0.05) is 55.1 Å². The Morgan fingerprint density at radius 3 is 2.67 bits per heavy atom. The van der Waals surface area contributed by atoms with Crippen molar-refractivity contribution in [2.45, 2.75) is 43.9 Å². The van der Waals surface area contributed by atoms with Gasteiger partial charge in [0.15, 0.2) is 0 Å². The molecule has 0 aromatic heterocycles. The smallest absolute Gasteiger partial charge is 0.224 e. The zero-order valence-electron chi connectivity index (χ0n) is 20.5. The summed E-state index contributed by atoms with van der Waals surface area (Å²) >= 11 is 0. The number of piperazine rings is 1. The number of carbonyl (C=O) groups is 1. The summed E-state index contributed by atoms with van der Waals surface area (Å²) < 4.78 is 6.06. The molecule has 2 N–H and O–H groups in total. The molecule has 3 aromatic carbocycles. The normalized spacial score (nSPS) is 22.6. The Morgan fingerprint density at radius 1 is 0.944 bits per heavy atom. The Hall–Kier alpha value is -3.35. The molecule has 7 rings (SSSR count). The molecule has 3 aromatic rings. The van der Waals surface area contributed by atoms with Crippen LogP contribution in [0.4, 0.5) is 11.4 Å². The summed E-state index contributed by atoms with van der Waals surface area (Å²) in [5, 5.41) is 16.4. The number of ether oxygens (including phenoxy) is 1. The predicted octanol–water partition coefficient (Wildman–Crippen LogP) is 4.37. The Bertz CT molecular complexity index is 1290. The summed E-state index contributed by atoms with van der Waals surface area (Å²) in [6.07, 6.45) is 7.15. The van der Waals surface area contributed by atoms with Gasteiger partial charge in [0.2, 0.25) is 5.91 Å². The third kappa shape index (κ3) is 4.71. The lowest BCUT2D eigenvalue weighted by Crippen LogP contribution is -2.60. The topological polar surface area (TPSA) is 65.0 Å². The van der Waals surface area contributed by atoms with Crippen LogP contribution in [0.25, 0.3) is 10.8 Å². The van der Waals surface area contributed by atoms with Crippen LogP contribution in [-0.4, -0.2) is 60.3 Å². The molecule has 4 heterocycles. The highest BCUT2D eigenvalue weighted by Gasteiger charge is 2.35. The molecule has 0 aliphatic carbocycles. The largest absolute Gasteiger partial charge is 0.490 e. The third-order valence-electron chi connectivity index (χ3n) is 7.74. The van der Waals surface area contributed by atoms with Crippen LogP contribution in [-0.2, 0) is 11.2 Å². The van der Waals surface area contributed by atoms with Crippen LogP contribution in [0.3, 0.4) is 0 Å². The van der Waals surface area contributed by atoms with E-state index in [9.17, 15) is 9.90 Å². The summed E-state index contributed by atoms with van der Waals surface area (Å²) in [5.74, 6) is 0.796. The molecule has 1 saturated heterocycles. The van der Waals surface area contributed by atoms with Crippen molar-refractivity contribution in [1.29, 1.82) is 0 Å². The summed E-state index contributed by atoms with van der Waals surface area (Å²) in [6, 6.07) is 21.7. The van der Waals surface area contributed by atoms with Gasteiger partial charge in [-0.2, -0.15) is 0 Å². The molecule has 2 bridgehead atoms. The minimum Gasteiger partial charge on any atom is -0.490 e. The van der Waals surface area contributed by atoms with Crippen LogP contribution in [0.5, 0.6) is 5.75 Å². The molecular formula is C30H33N3O3. The number of rotatable bonds is 6. The molecule has 0 unspecified atom stereocenters. The Labute approximate surface area is 212 Å². The van der Waals surface area contributed by atoms with Gasteiger partial charge in [-0.15, -0.1) is 0 Å². The van der Waals surface area contributed by atoms with Crippen LogP contribution in [0.2, 0.25) is 0 Å². The summed E-state index contributed by atoms with van der Waals surface area (Å²) in [5.41, 5.74) is 3.12. The second-order valence-electron chi connectivity index (χ2n) is 10.2. The van der Waals surface area contributed by atoms with Gasteiger partial charge in [-0.3, -0.25) is 9.69 Å². The van der Waals surface area contributed by atoms with E-state index in [1.807, 2.05) is 18.2 Å². The number of carbonyl (C=O) groups excluding carboxylic acids is 1. The van der Waals surface area contributed by atoms with E-state index in [-0.39, 0.29) is 12.5 Å². The van der Waals surface area contributed by atoms with Crippen molar-refractivity contribution in [1.82, 2.24) is 4.90 Å². The number of nitrogens with one attached hydrogen (secondary N) is 1. The monoisotopic (exact) mass is 483 g/mol. The van der Waals surface area contributed by atoms with E-state index in [0.29, 0.717) is 31.5 Å². The fourth-order valence-corrected chi connectivity index (χ4v) is 5.87. The fourth-order valence-electron chi connectivity index (χ4n) is 5.87. The van der Waals surface area contributed by atoms with Crippen LogP contribution in [0.1, 0.15) is 24.8 Å². The average molecular weight is 484 g/mol. The van der Waals surface area contributed by atoms with Crippen LogP contribution in [0, 0.1) is 0 Å². The molecule has 0 radical (unpaired) electrons. The van der Waals surface area contributed by atoms with E-state index >= 15 is 0 Å². The van der Waals surface area contributed by atoms with Crippen molar-refractivity contribution in [2.24, 2.45) is 0 Å². The first-order valence-electron chi connectivity index (χ1n) is 13.0. The predicted molar refractivity (Wildman–Crippen MR) is 144 cm³/mol. The summed E-state index contributed by atoms with van der Waals surface area (Å²) in [6.45, 7) is 2.70. The lowest BCUT2D eigenvalue weighted by molar-refractivity contribution is -0.116. The standard InChI is InChI=1S/C30H33N3O3/c34-26(20-36-29-11-5-10-28-27(29)14-15-30(35)31-28)19-32-17-25-9-4-3-8-24(32)18-33(25)23-13-12-21-6-1-2-7-22(21)16-23/h1-7,10-13,16,24-26,34H,8-9,14-15,17-20H2,(H,31,35)/t24-,25-,26-/m0/s1. The first kappa shape index (κ1) is 23.1. The Balaban J connectivity index is 1.12. The lowest BCUT2D eigenvalue weighted by Gasteiger charge is -2.48. The van der Waals surface area contributed by atoms with Gasteiger partial charge < -0.3 is 20.1 Å². The van der Waals surface area contributed by atoms with E-state index in [0.717, 1.165) is 42.9 Å². The highest BCUT2D eigenvalue weighted by Crippen LogP contribution is 2.32. The van der Waals surface area contributed by atoms with Gasteiger partial charge in [0.25, 0.3) is 0 Å². The van der Waals surface area contributed by atoms with Gasteiger partial charge >= 0.3 is 0 Å². The van der Waals surface area contributed by atoms with Crippen molar-refractivity contribution < 1.29 is 14.6 Å². The van der Waals surface area contributed by atoms with Crippen molar-refractivity contribution in [3.05, 3.63) is 78.4 Å². The van der Waals surface area contributed by atoms with Gasteiger partial charge in [-0.1, -0.05) is 48.6 Å². The van der Waals surface area contributed by atoms with E-state index in [4.69, 9.17) is 4.74 Å². The molecule has 0 spiro atoms. The molecule has 6 heteroatoms. The zero-order valence-corrected chi connectivity index (χ0v) is 20.5. The number of fused-ring (bicyclic) bond motifs is 6. The molecule has 3 atom stereocenters. The van der Waals surface area contributed by atoms with Crippen molar-refractivity contribution in [3.8, 4) is 5.75 Å². The number of aliphatic hydroxyl groups excluding tert-OH is 1. The number of anilines is 2. The maximum Gasteiger partial charge on any atom is 0.224 e. The lowest BCUT2D eigenvalue weighted by atomic mass is 9.96. The molecule has 6 nitrogen and oxygen atoms in total.